The predicted octanol–water partition coefficient (Wildman–Crippen LogP) is -0.0808. The molecule has 2 aliphatic rings. The van der Waals surface area contributed by atoms with E-state index in [0.29, 0.717) is 24.3 Å². The van der Waals surface area contributed by atoms with Crippen LogP contribution in [0.25, 0.3) is 0 Å². The molecule has 0 saturated carbocycles. The van der Waals surface area contributed by atoms with Crippen molar-refractivity contribution in [2.24, 2.45) is 0 Å². The van der Waals surface area contributed by atoms with Crippen molar-refractivity contribution in [3.05, 3.63) is 23.2 Å². The normalized spacial score (nSPS) is 22.3. The van der Waals surface area contributed by atoms with E-state index in [4.69, 9.17) is 9.47 Å². The Morgan fingerprint density at radius 2 is 2.26 bits per heavy atom. The second-order valence-corrected chi connectivity index (χ2v) is 5.93. The van der Waals surface area contributed by atoms with E-state index >= 15 is 0 Å². The summed E-state index contributed by atoms with van der Waals surface area (Å²) in [4.78, 5) is 14.0. The van der Waals surface area contributed by atoms with Crippen LogP contribution in [0.4, 0.5) is 0 Å². The number of nitrogens with one attached hydrogen (secondary N) is 1. The van der Waals surface area contributed by atoms with Gasteiger partial charge in [0.15, 0.2) is 0 Å². The summed E-state index contributed by atoms with van der Waals surface area (Å²) in [6.45, 7) is 7.29. The maximum Gasteiger partial charge on any atom is 0.337 e. The number of hydrogen-bond donors (Lipinski definition) is 1. The first-order chi connectivity index (χ1) is 11.2. The number of methoxy groups -OCH3 is 1. The number of ether oxygens (including phenoxy) is 2. The Morgan fingerprint density at radius 3 is 3.00 bits per heavy atom. The van der Waals surface area contributed by atoms with E-state index in [0.717, 1.165) is 38.4 Å². The van der Waals surface area contributed by atoms with Crippen molar-refractivity contribution < 1.29 is 14.3 Å². The fourth-order valence-corrected chi connectivity index (χ4v) is 2.99. The Labute approximate surface area is 135 Å². The third kappa shape index (κ3) is 3.89. The Bertz CT molecular complexity index is 592. The van der Waals surface area contributed by atoms with Gasteiger partial charge in [0.25, 0.3) is 0 Å². The highest BCUT2D eigenvalue weighted by atomic mass is 16.5. The molecule has 0 amide bonds. The first-order valence-corrected chi connectivity index (χ1v) is 7.92. The molecule has 1 fully saturated rings. The van der Waals surface area contributed by atoms with Crippen LogP contribution in [0, 0.1) is 0 Å². The highest BCUT2D eigenvalue weighted by Gasteiger charge is 2.29. The molecule has 8 heteroatoms. The minimum Gasteiger partial charge on any atom is -0.492 e. The van der Waals surface area contributed by atoms with E-state index < -0.39 is 0 Å². The van der Waals surface area contributed by atoms with E-state index in [1.54, 1.807) is 11.6 Å². The van der Waals surface area contributed by atoms with Gasteiger partial charge in [0.1, 0.15) is 11.9 Å². The van der Waals surface area contributed by atoms with Crippen molar-refractivity contribution in [1.29, 1.82) is 0 Å². The van der Waals surface area contributed by atoms with Gasteiger partial charge >= 0.3 is 5.97 Å². The fraction of sp³-hybridized carbons (Fsp3) is 0.667. The molecule has 3 heterocycles. The van der Waals surface area contributed by atoms with Crippen LogP contribution in [0.2, 0.25) is 0 Å². The number of esters is 1. The van der Waals surface area contributed by atoms with E-state index in [1.807, 2.05) is 6.20 Å². The molecule has 1 atom stereocenters. The van der Waals surface area contributed by atoms with Gasteiger partial charge in [-0.15, -0.1) is 5.10 Å². The lowest BCUT2D eigenvalue weighted by molar-refractivity contribution is -0.136. The molecule has 23 heavy (non-hydrogen) atoms. The van der Waals surface area contributed by atoms with Crippen LogP contribution >= 0.6 is 0 Å². The van der Waals surface area contributed by atoms with Crippen molar-refractivity contribution in [2.45, 2.75) is 32.5 Å². The topological polar surface area (TPSA) is 81.5 Å². The van der Waals surface area contributed by atoms with Crippen molar-refractivity contribution in [1.82, 2.24) is 25.2 Å². The lowest BCUT2D eigenvalue weighted by atomic mass is 10.1. The number of carbonyl (C=O) groups excluding carboxylic acids is 1. The molecule has 0 radical (unpaired) electrons. The van der Waals surface area contributed by atoms with Crippen LogP contribution in [0.15, 0.2) is 17.5 Å². The Balaban J connectivity index is 1.53. The number of nitrogens with zero attached hydrogens (tertiary/aromatic N) is 4. The molecule has 0 aliphatic carbocycles. The average Bonchev–Trinajstić information content (AvgIpc) is 3.14. The van der Waals surface area contributed by atoms with Gasteiger partial charge in [-0.05, 0) is 6.92 Å². The molecule has 0 bridgehead atoms. The molecule has 1 N–H and O–H groups in total. The number of aromatic nitrogens is 3. The fourth-order valence-electron chi connectivity index (χ4n) is 2.99. The van der Waals surface area contributed by atoms with Gasteiger partial charge in [-0.1, -0.05) is 5.21 Å². The second-order valence-electron chi connectivity index (χ2n) is 5.93. The van der Waals surface area contributed by atoms with Crippen molar-refractivity contribution in [3.8, 4) is 0 Å². The Kier molecular flexibility index (Phi) is 4.92. The highest BCUT2D eigenvalue weighted by Crippen LogP contribution is 2.26. The van der Waals surface area contributed by atoms with Gasteiger partial charge < -0.3 is 14.8 Å². The van der Waals surface area contributed by atoms with Gasteiger partial charge in [-0.25, -0.2) is 9.48 Å². The van der Waals surface area contributed by atoms with Crippen LogP contribution in [-0.2, 0) is 27.4 Å². The number of carbonyl (C=O) groups is 1. The zero-order valence-electron chi connectivity index (χ0n) is 13.6. The SMILES string of the molecule is COC(=O)C1=C(C)OC(Cn2cc(CN3CCNCC3)nn2)C1. The molecular weight excluding hydrogens is 298 g/mol. The molecule has 2 aliphatic heterocycles. The minimum atomic E-state index is -0.317. The molecule has 3 rings (SSSR count). The van der Waals surface area contributed by atoms with Crippen LogP contribution < -0.4 is 5.32 Å². The van der Waals surface area contributed by atoms with Crippen LogP contribution in [0.3, 0.4) is 0 Å². The highest BCUT2D eigenvalue weighted by molar-refractivity contribution is 5.89. The third-order valence-corrected chi connectivity index (χ3v) is 4.20. The van der Waals surface area contributed by atoms with Gasteiger partial charge in [0.05, 0.1) is 24.9 Å². The third-order valence-electron chi connectivity index (χ3n) is 4.20. The minimum absolute atomic E-state index is 0.0992. The maximum atomic E-state index is 11.6. The van der Waals surface area contributed by atoms with Crippen molar-refractivity contribution in [3.63, 3.8) is 0 Å². The summed E-state index contributed by atoms with van der Waals surface area (Å²) in [7, 11) is 1.38. The van der Waals surface area contributed by atoms with Crippen LogP contribution in [0.1, 0.15) is 19.0 Å². The van der Waals surface area contributed by atoms with Gasteiger partial charge in [-0.3, -0.25) is 4.90 Å². The molecule has 0 aromatic carbocycles. The molecule has 126 valence electrons. The molecule has 1 unspecified atom stereocenters. The lowest BCUT2D eigenvalue weighted by Crippen LogP contribution is -2.42. The smallest absolute Gasteiger partial charge is 0.337 e. The summed E-state index contributed by atoms with van der Waals surface area (Å²) in [5, 5.41) is 11.7. The average molecular weight is 321 g/mol. The van der Waals surface area contributed by atoms with Crippen molar-refractivity contribution >= 4 is 5.97 Å². The summed E-state index contributed by atoms with van der Waals surface area (Å²) in [5.74, 6) is 0.325. The number of hydrogen-bond acceptors (Lipinski definition) is 7. The second kappa shape index (κ2) is 7.10. The molecule has 8 nitrogen and oxygen atoms in total. The van der Waals surface area contributed by atoms with E-state index in [1.165, 1.54) is 7.11 Å². The quantitative estimate of drug-likeness (QED) is 0.760. The summed E-state index contributed by atoms with van der Waals surface area (Å²) >= 11 is 0. The molecule has 1 saturated heterocycles. The van der Waals surface area contributed by atoms with Crippen molar-refractivity contribution in [2.75, 3.05) is 33.3 Å². The number of piperazine rings is 1. The molecular formula is C15H23N5O3. The largest absolute Gasteiger partial charge is 0.492 e. The molecule has 1 aromatic heterocycles. The summed E-state index contributed by atoms with van der Waals surface area (Å²) in [6, 6.07) is 0. The first kappa shape index (κ1) is 15.9. The molecule has 0 spiro atoms. The van der Waals surface area contributed by atoms with Crippen LogP contribution in [0.5, 0.6) is 0 Å². The van der Waals surface area contributed by atoms with E-state index in [-0.39, 0.29) is 12.1 Å². The van der Waals surface area contributed by atoms with Gasteiger partial charge in [-0.2, -0.15) is 0 Å². The predicted molar refractivity (Wildman–Crippen MR) is 82.4 cm³/mol. The Morgan fingerprint density at radius 1 is 1.48 bits per heavy atom. The zero-order valence-corrected chi connectivity index (χ0v) is 13.6. The summed E-state index contributed by atoms with van der Waals surface area (Å²) in [5.41, 5.74) is 1.57. The van der Waals surface area contributed by atoms with E-state index in [2.05, 4.69) is 20.5 Å². The van der Waals surface area contributed by atoms with E-state index in [9.17, 15) is 4.79 Å². The summed E-state index contributed by atoms with van der Waals surface area (Å²) < 4.78 is 12.3. The van der Waals surface area contributed by atoms with Gasteiger partial charge in [0.2, 0.25) is 0 Å². The maximum absolute atomic E-state index is 11.6. The standard InChI is InChI=1S/C15H23N5O3/c1-11-14(15(21)22-2)7-13(23-11)10-20-9-12(17-18-20)8-19-5-3-16-4-6-19/h9,13,16H,3-8,10H2,1-2H3. The monoisotopic (exact) mass is 321 g/mol. The number of rotatable bonds is 5. The zero-order chi connectivity index (χ0) is 16.2. The lowest BCUT2D eigenvalue weighted by Gasteiger charge is -2.25. The first-order valence-electron chi connectivity index (χ1n) is 7.92. The number of allylic oxidation sites excluding steroid dienone is 1. The van der Waals surface area contributed by atoms with Gasteiger partial charge in [0, 0.05) is 45.3 Å². The molecule has 1 aromatic rings. The van der Waals surface area contributed by atoms with Crippen LogP contribution in [-0.4, -0.2) is 65.3 Å². The Hall–Kier alpha value is -1.93. The summed E-state index contributed by atoms with van der Waals surface area (Å²) in [6.07, 6.45) is 2.40.